The van der Waals surface area contributed by atoms with Crippen molar-refractivity contribution in [2.24, 2.45) is 0 Å². The average Bonchev–Trinajstić information content (AvgIpc) is 2.29. The predicted molar refractivity (Wildman–Crippen MR) is 72.2 cm³/mol. The van der Waals surface area contributed by atoms with Crippen LogP contribution in [0.1, 0.15) is 42.9 Å². The van der Waals surface area contributed by atoms with E-state index >= 15 is 0 Å². The number of hydrogen-bond donors (Lipinski definition) is 1. The van der Waals surface area contributed by atoms with Gasteiger partial charge < -0.3 is 9.84 Å². The van der Waals surface area contributed by atoms with Crippen LogP contribution >= 0.6 is 0 Å². The van der Waals surface area contributed by atoms with Crippen LogP contribution in [0.2, 0.25) is 0 Å². The van der Waals surface area contributed by atoms with Crippen molar-refractivity contribution in [3.8, 4) is 5.75 Å². The lowest BCUT2D eigenvalue weighted by molar-refractivity contribution is -0.145. The Kier molecular flexibility index (Phi) is 5.20. The topological polar surface area (TPSA) is 46.5 Å². The third-order valence-corrected chi connectivity index (χ3v) is 3.13. The normalized spacial score (nSPS) is 12.2. The van der Waals surface area contributed by atoms with Gasteiger partial charge in [-0.3, -0.25) is 0 Å². The second kappa shape index (κ2) is 6.43. The maximum atomic E-state index is 11.2. The van der Waals surface area contributed by atoms with Gasteiger partial charge in [-0.1, -0.05) is 19.4 Å². The van der Waals surface area contributed by atoms with Gasteiger partial charge in [0, 0.05) is 0 Å². The number of carbonyl (C=O) groups is 1. The molecule has 0 saturated heterocycles. The first-order valence-corrected chi connectivity index (χ1v) is 6.43. The Labute approximate surface area is 109 Å². The maximum Gasteiger partial charge on any atom is 0.344 e. The van der Waals surface area contributed by atoms with Crippen LogP contribution in [0.4, 0.5) is 0 Å². The molecule has 1 unspecified atom stereocenters. The van der Waals surface area contributed by atoms with Gasteiger partial charge in [0.25, 0.3) is 0 Å². The summed E-state index contributed by atoms with van der Waals surface area (Å²) in [4.78, 5) is 11.2. The van der Waals surface area contributed by atoms with Gasteiger partial charge in [0.05, 0.1) is 0 Å². The molecule has 0 bridgehead atoms. The first-order valence-electron chi connectivity index (χ1n) is 6.43. The van der Waals surface area contributed by atoms with Crippen LogP contribution in [0.15, 0.2) is 12.1 Å². The number of hydrogen-bond acceptors (Lipinski definition) is 2. The van der Waals surface area contributed by atoms with Crippen molar-refractivity contribution < 1.29 is 14.6 Å². The van der Waals surface area contributed by atoms with Crippen molar-refractivity contribution in [3.63, 3.8) is 0 Å². The molecular weight excluding hydrogens is 228 g/mol. The van der Waals surface area contributed by atoms with Crippen LogP contribution in [0.5, 0.6) is 5.75 Å². The van der Waals surface area contributed by atoms with Crippen LogP contribution in [0, 0.1) is 20.8 Å². The van der Waals surface area contributed by atoms with Gasteiger partial charge in [-0.2, -0.15) is 0 Å². The van der Waals surface area contributed by atoms with E-state index in [2.05, 4.69) is 6.07 Å². The first-order chi connectivity index (χ1) is 8.45. The molecule has 3 heteroatoms. The largest absolute Gasteiger partial charge is 0.479 e. The van der Waals surface area contributed by atoms with Gasteiger partial charge >= 0.3 is 5.97 Å². The molecule has 0 fully saturated rings. The molecule has 3 nitrogen and oxygen atoms in total. The summed E-state index contributed by atoms with van der Waals surface area (Å²) in [6.07, 6.45) is 1.64. The molecule has 1 atom stereocenters. The van der Waals surface area contributed by atoms with Gasteiger partial charge in [0.1, 0.15) is 5.75 Å². The van der Waals surface area contributed by atoms with E-state index in [4.69, 9.17) is 9.84 Å². The van der Waals surface area contributed by atoms with Crippen LogP contribution < -0.4 is 4.74 Å². The van der Waals surface area contributed by atoms with Crippen LogP contribution in [0.25, 0.3) is 0 Å². The minimum Gasteiger partial charge on any atom is -0.479 e. The van der Waals surface area contributed by atoms with Crippen molar-refractivity contribution in [1.82, 2.24) is 0 Å². The Morgan fingerprint density at radius 1 is 1.33 bits per heavy atom. The zero-order valence-corrected chi connectivity index (χ0v) is 11.6. The number of carboxylic acid groups (broad SMARTS) is 1. The second-order valence-electron chi connectivity index (χ2n) is 4.79. The third kappa shape index (κ3) is 3.76. The molecule has 0 heterocycles. The molecular formula is C15H22O3. The fraction of sp³-hybridized carbons (Fsp3) is 0.533. The van der Waals surface area contributed by atoms with E-state index in [9.17, 15) is 4.79 Å². The number of ether oxygens (including phenoxy) is 1. The summed E-state index contributed by atoms with van der Waals surface area (Å²) in [5.74, 6) is -0.196. The predicted octanol–water partition coefficient (Wildman–Crippen LogP) is 3.63. The summed E-state index contributed by atoms with van der Waals surface area (Å²) < 4.78 is 5.67. The SMILES string of the molecule is CCCCC(Oc1cc(C)cc(C)c1C)C(=O)O. The number of benzene rings is 1. The highest BCUT2D eigenvalue weighted by molar-refractivity contribution is 5.72. The highest BCUT2D eigenvalue weighted by Crippen LogP contribution is 2.25. The van der Waals surface area contributed by atoms with E-state index < -0.39 is 12.1 Å². The highest BCUT2D eigenvalue weighted by atomic mass is 16.5. The second-order valence-corrected chi connectivity index (χ2v) is 4.79. The minimum absolute atomic E-state index is 0.554. The molecule has 1 aromatic carbocycles. The molecule has 0 saturated carbocycles. The lowest BCUT2D eigenvalue weighted by Gasteiger charge is -2.18. The molecule has 100 valence electrons. The molecule has 0 spiro atoms. The Bertz CT molecular complexity index is 424. The molecule has 0 radical (unpaired) electrons. The van der Waals surface area contributed by atoms with Crippen LogP contribution in [0.3, 0.4) is 0 Å². The molecule has 0 aliphatic carbocycles. The fourth-order valence-corrected chi connectivity index (χ4v) is 1.90. The lowest BCUT2D eigenvalue weighted by Crippen LogP contribution is -2.27. The summed E-state index contributed by atoms with van der Waals surface area (Å²) in [7, 11) is 0. The number of unbranched alkanes of at least 4 members (excludes halogenated alkanes) is 1. The monoisotopic (exact) mass is 250 g/mol. The standard InChI is InChI=1S/C15H22O3/c1-5-6-7-13(15(16)17)18-14-9-10(2)8-11(3)12(14)4/h8-9,13H,5-7H2,1-4H3,(H,16,17). The molecule has 0 aliphatic rings. The van der Waals surface area contributed by atoms with Gasteiger partial charge in [0.2, 0.25) is 0 Å². The average molecular weight is 250 g/mol. The quantitative estimate of drug-likeness (QED) is 0.838. The zero-order valence-electron chi connectivity index (χ0n) is 11.6. The smallest absolute Gasteiger partial charge is 0.344 e. The summed E-state index contributed by atoms with van der Waals surface area (Å²) in [6.45, 7) is 8.00. The first kappa shape index (κ1) is 14.6. The molecule has 0 aliphatic heterocycles. The Hall–Kier alpha value is -1.51. The van der Waals surface area contributed by atoms with Gasteiger partial charge in [-0.15, -0.1) is 0 Å². The van der Waals surface area contributed by atoms with Crippen molar-refractivity contribution in [2.45, 2.75) is 53.1 Å². The molecule has 1 N–H and O–H groups in total. The number of aliphatic carboxylic acids is 1. The van der Waals surface area contributed by atoms with Gasteiger partial charge in [0.15, 0.2) is 6.10 Å². The van der Waals surface area contributed by atoms with Crippen molar-refractivity contribution >= 4 is 5.97 Å². The summed E-state index contributed by atoms with van der Waals surface area (Å²) in [6, 6.07) is 3.98. The Morgan fingerprint density at radius 3 is 2.56 bits per heavy atom. The minimum atomic E-state index is -0.887. The van der Waals surface area contributed by atoms with Crippen molar-refractivity contribution in [1.29, 1.82) is 0 Å². The number of aryl methyl sites for hydroxylation is 2. The van der Waals surface area contributed by atoms with E-state index in [1.54, 1.807) is 0 Å². The van der Waals surface area contributed by atoms with E-state index in [1.165, 1.54) is 0 Å². The van der Waals surface area contributed by atoms with Gasteiger partial charge in [-0.25, -0.2) is 4.79 Å². The van der Waals surface area contributed by atoms with E-state index in [0.717, 1.165) is 29.5 Å². The Balaban J connectivity index is 2.89. The zero-order chi connectivity index (χ0) is 13.7. The lowest BCUT2D eigenvalue weighted by atomic mass is 10.1. The van der Waals surface area contributed by atoms with E-state index in [0.29, 0.717) is 12.2 Å². The van der Waals surface area contributed by atoms with Gasteiger partial charge in [-0.05, 0) is 56.4 Å². The third-order valence-electron chi connectivity index (χ3n) is 3.13. The molecule has 0 aromatic heterocycles. The Morgan fingerprint density at radius 2 is 2.00 bits per heavy atom. The summed E-state index contributed by atoms with van der Waals surface area (Å²) >= 11 is 0. The van der Waals surface area contributed by atoms with E-state index in [1.807, 2.05) is 33.8 Å². The molecule has 0 amide bonds. The maximum absolute atomic E-state index is 11.2. The highest BCUT2D eigenvalue weighted by Gasteiger charge is 2.19. The van der Waals surface area contributed by atoms with Crippen molar-refractivity contribution in [3.05, 3.63) is 28.8 Å². The number of rotatable bonds is 6. The fourth-order valence-electron chi connectivity index (χ4n) is 1.90. The van der Waals surface area contributed by atoms with Crippen molar-refractivity contribution in [2.75, 3.05) is 0 Å². The van der Waals surface area contributed by atoms with E-state index in [-0.39, 0.29) is 0 Å². The molecule has 1 rings (SSSR count). The summed E-state index contributed by atoms with van der Waals surface area (Å²) in [5, 5.41) is 9.17. The summed E-state index contributed by atoms with van der Waals surface area (Å²) in [5.41, 5.74) is 3.24. The van der Waals surface area contributed by atoms with Crippen LogP contribution in [-0.2, 0) is 4.79 Å². The number of carboxylic acids is 1. The van der Waals surface area contributed by atoms with Crippen LogP contribution in [-0.4, -0.2) is 17.2 Å². The molecule has 18 heavy (non-hydrogen) atoms. The molecule has 1 aromatic rings.